The highest BCUT2D eigenvalue weighted by molar-refractivity contribution is 5.99. The fourth-order valence-electron chi connectivity index (χ4n) is 2.48. The predicted molar refractivity (Wildman–Crippen MR) is 85.2 cm³/mol. The lowest BCUT2D eigenvalue weighted by Gasteiger charge is -2.22. The van der Waals surface area contributed by atoms with Gasteiger partial charge in [-0.25, -0.2) is 9.59 Å². The fraction of sp³-hybridized carbons (Fsp3) is 0.222. The second-order valence-electron chi connectivity index (χ2n) is 5.52. The summed E-state index contributed by atoms with van der Waals surface area (Å²) in [7, 11) is 0. The van der Waals surface area contributed by atoms with Gasteiger partial charge in [-0.3, -0.25) is 9.59 Å². The van der Waals surface area contributed by atoms with Crippen LogP contribution < -0.4 is 0 Å². The Morgan fingerprint density at radius 3 is 2.29 bits per heavy atom. The summed E-state index contributed by atoms with van der Waals surface area (Å²) in [4.78, 5) is 42.5. The summed E-state index contributed by atoms with van der Waals surface area (Å²) >= 11 is 0. The van der Waals surface area contributed by atoms with Crippen LogP contribution in [0, 0.1) is 5.92 Å². The van der Waals surface area contributed by atoms with Gasteiger partial charge in [0.1, 0.15) is 0 Å². The van der Waals surface area contributed by atoms with Crippen molar-refractivity contribution in [1.29, 1.82) is 0 Å². The van der Waals surface area contributed by atoms with Gasteiger partial charge in [-0.15, -0.1) is 0 Å². The van der Waals surface area contributed by atoms with Gasteiger partial charge >= 0.3 is 11.9 Å². The Hall–Kier alpha value is -3.02. The molecule has 1 unspecified atom stereocenters. The Morgan fingerprint density at radius 1 is 0.958 bits per heavy atom. The van der Waals surface area contributed by atoms with Crippen molar-refractivity contribution in [1.82, 2.24) is 0 Å². The van der Waals surface area contributed by atoms with Crippen LogP contribution in [0.3, 0.4) is 0 Å². The average molecular weight is 328 g/mol. The van der Waals surface area contributed by atoms with Gasteiger partial charge in [0.2, 0.25) is 0 Å². The van der Waals surface area contributed by atoms with Crippen molar-refractivity contribution < 1.29 is 29.4 Å². The lowest BCUT2D eigenvalue weighted by molar-refractivity contribution is -0.133. The van der Waals surface area contributed by atoms with E-state index >= 15 is 0 Å². The van der Waals surface area contributed by atoms with Gasteiger partial charge in [0.05, 0.1) is 5.57 Å². The van der Waals surface area contributed by atoms with Crippen LogP contribution in [0.15, 0.2) is 59.3 Å². The minimum Gasteiger partial charge on any atom is -0.478 e. The highest BCUT2D eigenvalue weighted by Crippen LogP contribution is 2.31. The van der Waals surface area contributed by atoms with Crippen LogP contribution in [-0.2, 0) is 19.2 Å². The van der Waals surface area contributed by atoms with E-state index < -0.39 is 11.9 Å². The molecule has 1 atom stereocenters. The Bertz CT molecular complexity index is 745. The molecule has 6 heteroatoms. The number of hydrogen-bond donors (Lipinski definition) is 2. The lowest BCUT2D eigenvalue weighted by atomic mass is 9.81. The summed E-state index contributed by atoms with van der Waals surface area (Å²) < 4.78 is 0. The molecular weight excluding hydrogens is 312 g/mol. The summed E-state index contributed by atoms with van der Waals surface area (Å²) in [5, 5.41) is 17.2. The standard InChI is InChI=1S/C11H10O3.C7H6O3/c12-10-4-3-7-5-9(11(13)14)2-1-8(7)6-10;8-6-3-1-5(2-4-6)7(9)10/h1-4,7H,5-6H2,(H,13,14);1-3H,4H2,(H,9,10). The van der Waals surface area contributed by atoms with Crippen LogP contribution in [0.1, 0.15) is 19.3 Å². The van der Waals surface area contributed by atoms with Crippen molar-refractivity contribution in [2.75, 3.05) is 0 Å². The first kappa shape index (κ1) is 17.3. The van der Waals surface area contributed by atoms with Crippen molar-refractivity contribution in [3.63, 3.8) is 0 Å². The quantitative estimate of drug-likeness (QED) is 0.802. The summed E-state index contributed by atoms with van der Waals surface area (Å²) in [6.45, 7) is 0. The van der Waals surface area contributed by atoms with Gasteiger partial charge in [0.25, 0.3) is 0 Å². The molecular formula is C18H16O6. The fourth-order valence-corrected chi connectivity index (χ4v) is 2.48. The summed E-state index contributed by atoms with van der Waals surface area (Å²) in [6.07, 6.45) is 11.9. The van der Waals surface area contributed by atoms with Gasteiger partial charge < -0.3 is 10.2 Å². The smallest absolute Gasteiger partial charge is 0.335 e. The molecule has 0 spiro atoms. The Morgan fingerprint density at radius 2 is 1.71 bits per heavy atom. The number of aliphatic carboxylic acids is 2. The number of hydrogen-bond acceptors (Lipinski definition) is 4. The van der Waals surface area contributed by atoms with Gasteiger partial charge in [-0.1, -0.05) is 29.9 Å². The first-order chi connectivity index (χ1) is 11.4. The molecule has 0 bridgehead atoms. The average Bonchev–Trinajstić information content (AvgIpc) is 2.55. The molecule has 3 rings (SSSR count). The molecule has 0 radical (unpaired) electrons. The van der Waals surface area contributed by atoms with E-state index in [0.29, 0.717) is 18.4 Å². The van der Waals surface area contributed by atoms with Crippen molar-refractivity contribution in [3.05, 3.63) is 59.3 Å². The monoisotopic (exact) mass is 328 g/mol. The number of rotatable bonds is 2. The van der Waals surface area contributed by atoms with Gasteiger partial charge in [0.15, 0.2) is 11.6 Å². The van der Waals surface area contributed by atoms with E-state index in [9.17, 15) is 19.2 Å². The third kappa shape index (κ3) is 4.49. The Labute approximate surface area is 138 Å². The number of carbonyl (C=O) groups excluding carboxylic acids is 2. The van der Waals surface area contributed by atoms with Gasteiger partial charge in [-0.2, -0.15) is 0 Å². The minimum absolute atomic E-state index is 0.0509. The van der Waals surface area contributed by atoms with Crippen LogP contribution in [0.4, 0.5) is 0 Å². The SMILES string of the molecule is O=C1C=CC(C(=O)O)=CC1.O=C1C=CC2CC(C(=O)O)=CC=C2C1. The molecule has 0 aliphatic heterocycles. The van der Waals surface area contributed by atoms with E-state index in [0.717, 1.165) is 5.57 Å². The van der Waals surface area contributed by atoms with Crippen LogP contribution in [-0.4, -0.2) is 33.7 Å². The number of carboxylic acids is 2. The van der Waals surface area contributed by atoms with Crippen LogP contribution in [0.25, 0.3) is 0 Å². The normalized spacial score (nSPS) is 21.7. The van der Waals surface area contributed by atoms with Crippen LogP contribution in [0.2, 0.25) is 0 Å². The molecule has 0 saturated carbocycles. The van der Waals surface area contributed by atoms with Crippen LogP contribution in [0.5, 0.6) is 0 Å². The van der Waals surface area contributed by atoms with Crippen molar-refractivity contribution in [2.45, 2.75) is 19.3 Å². The number of carbonyl (C=O) groups is 4. The van der Waals surface area contributed by atoms with Gasteiger partial charge in [0, 0.05) is 24.3 Å². The van der Waals surface area contributed by atoms with Crippen molar-refractivity contribution in [3.8, 4) is 0 Å². The van der Waals surface area contributed by atoms with E-state index in [2.05, 4.69) is 0 Å². The highest BCUT2D eigenvalue weighted by atomic mass is 16.4. The van der Waals surface area contributed by atoms with E-state index in [1.54, 1.807) is 24.3 Å². The third-order valence-electron chi connectivity index (χ3n) is 3.80. The summed E-state index contributed by atoms with van der Waals surface area (Å²) in [6, 6.07) is 0. The maximum atomic E-state index is 11.1. The molecule has 0 saturated heterocycles. The Balaban J connectivity index is 0.000000185. The summed E-state index contributed by atoms with van der Waals surface area (Å²) in [5.41, 5.74) is 1.64. The number of carboxylic acid groups (broad SMARTS) is 2. The predicted octanol–water partition coefficient (Wildman–Crippen LogP) is 2.00. The molecule has 0 heterocycles. The van der Waals surface area contributed by atoms with E-state index in [1.165, 1.54) is 18.2 Å². The third-order valence-corrected chi connectivity index (χ3v) is 3.80. The molecule has 0 aromatic rings. The zero-order chi connectivity index (χ0) is 17.7. The highest BCUT2D eigenvalue weighted by Gasteiger charge is 2.24. The molecule has 0 aromatic heterocycles. The zero-order valence-corrected chi connectivity index (χ0v) is 12.8. The Kier molecular flexibility index (Phi) is 5.42. The zero-order valence-electron chi connectivity index (χ0n) is 12.8. The van der Waals surface area contributed by atoms with Crippen molar-refractivity contribution >= 4 is 23.5 Å². The molecule has 3 aliphatic carbocycles. The number of allylic oxidation sites excluding steroid dienone is 7. The second-order valence-corrected chi connectivity index (χ2v) is 5.52. The minimum atomic E-state index is -0.983. The first-order valence-corrected chi connectivity index (χ1v) is 7.35. The van der Waals surface area contributed by atoms with E-state index in [1.807, 2.05) is 0 Å². The number of fused-ring (bicyclic) bond motifs is 1. The molecule has 24 heavy (non-hydrogen) atoms. The maximum absolute atomic E-state index is 11.1. The second kappa shape index (κ2) is 7.50. The van der Waals surface area contributed by atoms with Gasteiger partial charge in [-0.05, 0) is 24.6 Å². The van der Waals surface area contributed by atoms with E-state index in [4.69, 9.17) is 10.2 Å². The van der Waals surface area contributed by atoms with Crippen LogP contribution >= 0.6 is 0 Å². The molecule has 6 nitrogen and oxygen atoms in total. The van der Waals surface area contributed by atoms with E-state index in [-0.39, 0.29) is 29.5 Å². The molecule has 3 aliphatic rings. The maximum Gasteiger partial charge on any atom is 0.335 e. The molecule has 0 aromatic carbocycles. The topological polar surface area (TPSA) is 109 Å². The molecule has 124 valence electrons. The lowest BCUT2D eigenvalue weighted by Crippen LogP contribution is -2.17. The number of ketones is 2. The molecule has 0 fully saturated rings. The molecule has 0 amide bonds. The summed E-state index contributed by atoms with van der Waals surface area (Å²) in [5.74, 6) is -1.69. The first-order valence-electron chi connectivity index (χ1n) is 7.35. The van der Waals surface area contributed by atoms with Crippen molar-refractivity contribution in [2.24, 2.45) is 5.92 Å². The molecule has 2 N–H and O–H groups in total. The largest absolute Gasteiger partial charge is 0.478 e.